The number of cyclic esters (lactones) is 1. The number of carbonyl (C=O) groups is 4. The molecule has 0 radical (unpaired) electrons. The van der Waals surface area contributed by atoms with Crippen molar-refractivity contribution >= 4 is 24.4 Å². The summed E-state index contributed by atoms with van der Waals surface area (Å²) in [7, 11) is 1.17. The standard InChI is InChI=1S/C36H52O15/c1-5-11-45-31(41)19-27-17-26-16-25-8-6-7-24(47-25)14-23(39)15-32(42)48-29(20-37)18-28-12-22(13-30(40)44-4)34(46-21-38)36(43,51-28)35(2,3)10-9-33(49-26)50-27/h5,9-10,13,21,23-29,33-34,37,39,43H,1,6-8,11-12,14-20H2,2-4H3/b10-9+,22-13+/t23-,24+,25-,26-,27?,28+,29-,33-,34+,36-/m1/s1. The molecule has 1 unspecified atom stereocenters. The van der Waals surface area contributed by atoms with Crippen LogP contribution in [0.4, 0.5) is 0 Å². The number of aliphatic hydroxyl groups is 3. The summed E-state index contributed by atoms with van der Waals surface area (Å²) >= 11 is 0. The Morgan fingerprint density at radius 3 is 2.43 bits per heavy atom. The van der Waals surface area contributed by atoms with E-state index in [-0.39, 0.29) is 63.0 Å². The number of carbonyl (C=O) groups excluding carboxylic acids is 4. The largest absolute Gasteiger partial charge is 0.466 e. The predicted octanol–water partition coefficient (Wildman–Crippen LogP) is 2.08. The molecule has 4 heterocycles. The third kappa shape index (κ3) is 11.2. The summed E-state index contributed by atoms with van der Waals surface area (Å²) in [4.78, 5) is 49.6. The van der Waals surface area contributed by atoms with Crippen molar-refractivity contribution in [3.63, 3.8) is 0 Å². The van der Waals surface area contributed by atoms with E-state index >= 15 is 0 Å². The van der Waals surface area contributed by atoms with Crippen LogP contribution >= 0.6 is 0 Å². The molecule has 10 atom stereocenters. The summed E-state index contributed by atoms with van der Waals surface area (Å²) in [6, 6.07) is 0. The van der Waals surface area contributed by atoms with E-state index in [1.165, 1.54) is 13.2 Å². The Kier molecular flexibility index (Phi) is 14.8. The molecule has 3 saturated heterocycles. The second-order valence-electron chi connectivity index (χ2n) is 14.0. The lowest BCUT2D eigenvalue weighted by molar-refractivity contribution is -0.325. The molecule has 6 bridgehead atoms. The number of rotatable bonds is 8. The highest BCUT2D eigenvalue weighted by Gasteiger charge is 2.57. The van der Waals surface area contributed by atoms with Gasteiger partial charge in [-0.25, -0.2) is 4.79 Å². The Morgan fingerprint density at radius 1 is 1.02 bits per heavy atom. The molecule has 0 aromatic carbocycles. The van der Waals surface area contributed by atoms with Gasteiger partial charge in [-0.2, -0.15) is 0 Å². The van der Waals surface area contributed by atoms with Gasteiger partial charge < -0.3 is 53.2 Å². The first-order chi connectivity index (χ1) is 24.3. The zero-order valence-electron chi connectivity index (χ0n) is 29.5. The van der Waals surface area contributed by atoms with Gasteiger partial charge in [0, 0.05) is 37.2 Å². The lowest BCUT2D eigenvalue weighted by Crippen LogP contribution is -2.61. The first-order valence-corrected chi connectivity index (χ1v) is 17.5. The molecule has 15 nitrogen and oxygen atoms in total. The van der Waals surface area contributed by atoms with Gasteiger partial charge in [-0.1, -0.05) is 32.6 Å². The number of hydrogen-bond acceptors (Lipinski definition) is 15. The SMILES string of the molecule is C=CCOC(=O)CC1C[C@H]2C[C@H]3CCC[C@@H](C[C@@H](O)CC(=O)O[C@@H](CO)C[C@@H]4C/C(=C\C(=O)OC)[C@H](OC=O)[C@@](O)(O4)C(C)(C)/C=C/[C@@H](O1)O2)O3. The van der Waals surface area contributed by atoms with Gasteiger partial charge in [0.05, 0.1) is 63.2 Å². The van der Waals surface area contributed by atoms with Gasteiger partial charge in [0.1, 0.15) is 12.7 Å². The summed E-state index contributed by atoms with van der Waals surface area (Å²) in [6.07, 6.45) is 1.33. The van der Waals surface area contributed by atoms with Crippen molar-refractivity contribution in [2.45, 2.75) is 139 Å². The van der Waals surface area contributed by atoms with Crippen molar-refractivity contribution in [1.82, 2.24) is 0 Å². The fourth-order valence-electron chi connectivity index (χ4n) is 7.09. The van der Waals surface area contributed by atoms with Crippen molar-refractivity contribution in [1.29, 1.82) is 0 Å². The minimum Gasteiger partial charge on any atom is -0.466 e. The van der Waals surface area contributed by atoms with Crippen LogP contribution < -0.4 is 0 Å². The maximum Gasteiger partial charge on any atom is 0.330 e. The molecule has 0 saturated carbocycles. The second-order valence-corrected chi connectivity index (χ2v) is 14.0. The fourth-order valence-corrected chi connectivity index (χ4v) is 7.09. The fraction of sp³-hybridized carbons (Fsp3) is 0.722. The zero-order chi connectivity index (χ0) is 37.2. The minimum absolute atomic E-state index is 0.0461. The molecule has 4 aliphatic heterocycles. The van der Waals surface area contributed by atoms with Crippen LogP contribution in [0.25, 0.3) is 0 Å². The molecule has 0 aliphatic carbocycles. The van der Waals surface area contributed by atoms with Gasteiger partial charge in [-0.3, -0.25) is 14.4 Å². The smallest absolute Gasteiger partial charge is 0.330 e. The maximum absolute atomic E-state index is 12.9. The first kappa shape index (κ1) is 40.6. The second kappa shape index (κ2) is 18.5. The van der Waals surface area contributed by atoms with Gasteiger partial charge in [0.2, 0.25) is 5.79 Å². The van der Waals surface area contributed by atoms with E-state index in [9.17, 15) is 34.5 Å². The van der Waals surface area contributed by atoms with Crippen LogP contribution in [-0.4, -0.2) is 121 Å². The quantitative estimate of drug-likeness (QED) is 0.108. The average Bonchev–Trinajstić information content (AvgIpc) is 3.07. The van der Waals surface area contributed by atoms with Crippen LogP contribution in [0, 0.1) is 5.41 Å². The number of fused-ring (bicyclic) bond motifs is 6. The van der Waals surface area contributed by atoms with E-state index in [1.807, 2.05) is 0 Å². The number of hydrogen-bond donors (Lipinski definition) is 3. The molecule has 4 aliphatic rings. The molecule has 4 rings (SSSR count). The molecule has 3 fully saturated rings. The third-order valence-corrected chi connectivity index (χ3v) is 9.65. The number of aliphatic hydroxyl groups excluding tert-OH is 2. The van der Waals surface area contributed by atoms with Gasteiger partial charge >= 0.3 is 17.9 Å². The summed E-state index contributed by atoms with van der Waals surface area (Å²) in [6.45, 7) is 6.38. The van der Waals surface area contributed by atoms with Gasteiger partial charge in [-0.15, -0.1) is 0 Å². The molecule has 15 heteroatoms. The molecule has 0 aromatic rings. The zero-order valence-corrected chi connectivity index (χ0v) is 29.5. The molecular formula is C36H52O15. The van der Waals surface area contributed by atoms with Crippen molar-refractivity contribution in [2.24, 2.45) is 5.41 Å². The van der Waals surface area contributed by atoms with Crippen LogP contribution in [0.1, 0.15) is 78.1 Å². The average molecular weight is 725 g/mol. The Hall–Kier alpha value is -3.18. The Balaban J connectivity index is 1.72. The molecule has 0 amide bonds. The summed E-state index contributed by atoms with van der Waals surface area (Å²) in [5, 5.41) is 33.3. The van der Waals surface area contributed by atoms with Crippen LogP contribution in [0.2, 0.25) is 0 Å². The van der Waals surface area contributed by atoms with Crippen molar-refractivity contribution in [2.75, 3.05) is 20.3 Å². The number of ether oxygens (including phenoxy) is 8. The van der Waals surface area contributed by atoms with E-state index in [0.29, 0.717) is 19.3 Å². The maximum atomic E-state index is 12.9. The summed E-state index contributed by atoms with van der Waals surface area (Å²) in [5.41, 5.74) is -1.24. The molecule has 51 heavy (non-hydrogen) atoms. The molecular weight excluding hydrogens is 672 g/mol. The van der Waals surface area contributed by atoms with Crippen LogP contribution in [0.3, 0.4) is 0 Å². The highest BCUT2D eigenvalue weighted by molar-refractivity contribution is 5.83. The molecule has 286 valence electrons. The monoisotopic (exact) mass is 724 g/mol. The van der Waals surface area contributed by atoms with E-state index in [4.69, 9.17) is 37.9 Å². The topological polar surface area (TPSA) is 203 Å². The third-order valence-electron chi connectivity index (χ3n) is 9.65. The lowest BCUT2D eigenvalue weighted by atomic mass is 9.74. The Bertz CT molecular complexity index is 1280. The van der Waals surface area contributed by atoms with E-state index in [1.54, 1.807) is 26.0 Å². The van der Waals surface area contributed by atoms with Crippen molar-refractivity contribution in [3.05, 3.63) is 36.5 Å². The van der Waals surface area contributed by atoms with E-state index in [2.05, 4.69) is 6.58 Å². The highest BCUT2D eigenvalue weighted by Crippen LogP contribution is 2.46. The van der Waals surface area contributed by atoms with E-state index in [0.717, 1.165) is 18.9 Å². The molecule has 0 aromatic heterocycles. The highest BCUT2D eigenvalue weighted by atomic mass is 16.7. The summed E-state index contributed by atoms with van der Waals surface area (Å²) in [5.74, 6) is -4.32. The lowest BCUT2D eigenvalue weighted by Gasteiger charge is -2.50. The Morgan fingerprint density at radius 2 is 1.75 bits per heavy atom. The van der Waals surface area contributed by atoms with Gasteiger partial charge in [0.15, 0.2) is 12.4 Å². The Labute approximate surface area is 297 Å². The van der Waals surface area contributed by atoms with Gasteiger partial charge in [0.25, 0.3) is 6.47 Å². The van der Waals surface area contributed by atoms with Crippen molar-refractivity contribution < 1.29 is 72.4 Å². The van der Waals surface area contributed by atoms with Crippen molar-refractivity contribution in [3.8, 4) is 0 Å². The normalized spacial score (nSPS) is 37.6. The minimum atomic E-state index is -2.33. The van der Waals surface area contributed by atoms with Crippen LogP contribution in [0.15, 0.2) is 36.5 Å². The molecule has 3 N–H and O–H groups in total. The first-order valence-electron chi connectivity index (χ1n) is 17.5. The van der Waals surface area contributed by atoms with Crippen LogP contribution in [-0.2, 0) is 57.1 Å². The van der Waals surface area contributed by atoms with Crippen LogP contribution in [0.5, 0.6) is 0 Å². The number of methoxy groups -OCH3 is 1. The van der Waals surface area contributed by atoms with Gasteiger partial charge in [-0.05, 0) is 37.3 Å². The number of esters is 3. The molecule has 0 spiro atoms. The predicted molar refractivity (Wildman–Crippen MR) is 176 cm³/mol. The summed E-state index contributed by atoms with van der Waals surface area (Å²) < 4.78 is 46.0. The van der Waals surface area contributed by atoms with E-state index < -0.39 is 78.6 Å².